The van der Waals surface area contributed by atoms with Crippen LogP contribution in [0, 0.1) is 10.1 Å². The Kier molecular flexibility index (Phi) is 6.59. The average Bonchev–Trinajstić information content (AvgIpc) is 2.42. The Hall–Kier alpha value is -1.89. The molecule has 1 aromatic rings. The lowest BCUT2D eigenvalue weighted by molar-refractivity contribution is -0.384. The Morgan fingerprint density at radius 2 is 2.11 bits per heavy atom. The maximum Gasteiger partial charge on any atom is 0.311 e. The fraction of sp³-hybridized carbons (Fsp3) is 0.583. The lowest BCUT2D eigenvalue weighted by atomic mass is 10.2. The highest BCUT2D eigenvalue weighted by atomic mass is 16.6. The highest BCUT2D eigenvalue weighted by Gasteiger charge is 2.15. The molecule has 0 amide bonds. The number of nitrogens with one attached hydrogen (secondary N) is 1. The number of aromatic nitrogens is 1. The number of methoxy groups -OCH3 is 2. The van der Waals surface area contributed by atoms with Gasteiger partial charge in [0.1, 0.15) is 0 Å². The molecule has 0 saturated heterocycles. The highest BCUT2D eigenvalue weighted by molar-refractivity contribution is 5.56. The largest absolute Gasteiger partial charge is 0.481 e. The van der Waals surface area contributed by atoms with Gasteiger partial charge >= 0.3 is 5.69 Å². The molecule has 0 bridgehead atoms. The molecule has 0 saturated carbocycles. The lowest BCUT2D eigenvalue weighted by Crippen LogP contribution is -2.07. The maximum absolute atomic E-state index is 10.9. The van der Waals surface area contributed by atoms with E-state index in [0.717, 1.165) is 25.9 Å². The Balaban J connectivity index is 2.52. The first-order valence-electron chi connectivity index (χ1n) is 6.11. The van der Waals surface area contributed by atoms with Crippen molar-refractivity contribution in [1.29, 1.82) is 0 Å². The third-order valence-electron chi connectivity index (χ3n) is 2.57. The first kappa shape index (κ1) is 15.2. The molecule has 1 N–H and O–H groups in total. The van der Waals surface area contributed by atoms with Gasteiger partial charge in [0.2, 0.25) is 11.7 Å². The Labute approximate surface area is 112 Å². The van der Waals surface area contributed by atoms with Crippen molar-refractivity contribution < 1.29 is 14.4 Å². The van der Waals surface area contributed by atoms with Crippen molar-refractivity contribution in [2.24, 2.45) is 0 Å². The summed E-state index contributed by atoms with van der Waals surface area (Å²) in [7, 11) is 3.14. The van der Waals surface area contributed by atoms with Gasteiger partial charge in [0, 0.05) is 32.4 Å². The SMILES string of the molecule is COCCCCCNc1nc(OC)ccc1[N+](=O)[O-]. The number of pyridine rings is 1. The molecule has 106 valence electrons. The molecule has 0 aliphatic heterocycles. The van der Waals surface area contributed by atoms with E-state index in [0.29, 0.717) is 12.4 Å². The Morgan fingerprint density at radius 3 is 2.74 bits per heavy atom. The van der Waals surface area contributed by atoms with Crippen LogP contribution in [-0.4, -0.2) is 37.3 Å². The molecule has 0 aliphatic carbocycles. The van der Waals surface area contributed by atoms with Crippen LogP contribution in [0.3, 0.4) is 0 Å². The summed E-state index contributed by atoms with van der Waals surface area (Å²) in [4.78, 5) is 14.5. The molecule has 0 atom stereocenters. The minimum absolute atomic E-state index is 0.0438. The van der Waals surface area contributed by atoms with Crippen LogP contribution in [0.2, 0.25) is 0 Å². The number of nitro groups is 1. The number of anilines is 1. The molecule has 0 fully saturated rings. The smallest absolute Gasteiger partial charge is 0.311 e. The summed E-state index contributed by atoms with van der Waals surface area (Å²) in [5.74, 6) is 0.601. The minimum Gasteiger partial charge on any atom is -0.481 e. The van der Waals surface area contributed by atoms with Gasteiger partial charge in [0.25, 0.3) is 0 Å². The van der Waals surface area contributed by atoms with E-state index in [4.69, 9.17) is 9.47 Å². The molecule has 0 aromatic carbocycles. The standard InChI is InChI=1S/C12H19N3O4/c1-18-9-5-3-4-8-13-12-10(15(16)17)6-7-11(14-12)19-2/h6-7H,3-5,8-9H2,1-2H3,(H,13,14). The van der Waals surface area contributed by atoms with E-state index in [1.165, 1.54) is 19.2 Å². The van der Waals surface area contributed by atoms with E-state index in [1.54, 1.807) is 7.11 Å². The van der Waals surface area contributed by atoms with Crippen LogP contribution in [0.25, 0.3) is 0 Å². The average molecular weight is 269 g/mol. The molecular formula is C12H19N3O4. The second-order valence-electron chi connectivity index (χ2n) is 3.96. The van der Waals surface area contributed by atoms with Gasteiger partial charge in [-0.25, -0.2) is 0 Å². The molecule has 0 radical (unpaired) electrons. The fourth-order valence-corrected chi connectivity index (χ4v) is 1.58. The van der Waals surface area contributed by atoms with Crippen molar-refractivity contribution in [2.45, 2.75) is 19.3 Å². The maximum atomic E-state index is 10.9. The molecular weight excluding hydrogens is 250 g/mol. The third-order valence-corrected chi connectivity index (χ3v) is 2.57. The predicted octanol–water partition coefficient (Wildman–Crippen LogP) is 2.23. The van der Waals surface area contributed by atoms with Crippen LogP contribution in [0.4, 0.5) is 11.5 Å². The Bertz CT molecular complexity index is 412. The summed E-state index contributed by atoms with van der Waals surface area (Å²) < 4.78 is 9.91. The van der Waals surface area contributed by atoms with E-state index < -0.39 is 4.92 Å². The van der Waals surface area contributed by atoms with Crippen LogP contribution in [0.1, 0.15) is 19.3 Å². The van der Waals surface area contributed by atoms with Gasteiger partial charge in [-0.3, -0.25) is 10.1 Å². The first-order valence-corrected chi connectivity index (χ1v) is 6.11. The fourth-order valence-electron chi connectivity index (χ4n) is 1.58. The van der Waals surface area contributed by atoms with Gasteiger partial charge < -0.3 is 14.8 Å². The van der Waals surface area contributed by atoms with Gasteiger partial charge in [0.05, 0.1) is 12.0 Å². The normalized spacial score (nSPS) is 10.2. The summed E-state index contributed by atoms with van der Waals surface area (Å²) in [6.07, 6.45) is 2.88. The first-order chi connectivity index (χ1) is 9.19. The van der Waals surface area contributed by atoms with Crippen molar-refractivity contribution in [1.82, 2.24) is 4.98 Å². The molecule has 1 heterocycles. The van der Waals surface area contributed by atoms with Crippen LogP contribution < -0.4 is 10.1 Å². The summed E-state index contributed by atoms with van der Waals surface area (Å²) in [5.41, 5.74) is -0.0438. The van der Waals surface area contributed by atoms with Crippen LogP contribution >= 0.6 is 0 Å². The zero-order chi connectivity index (χ0) is 14.1. The number of nitrogens with zero attached hydrogens (tertiary/aromatic N) is 2. The lowest BCUT2D eigenvalue weighted by Gasteiger charge is -2.07. The van der Waals surface area contributed by atoms with Crippen molar-refractivity contribution in [3.8, 4) is 5.88 Å². The van der Waals surface area contributed by atoms with E-state index in [-0.39, 0.29) is 11.5 Å². The molecule has 1 rings (SSSR count). The van der Waals surface area contributed by atoms with Crippen molar-refractivity contribution >= 4 is 11.5 Å². The summed E-state index contributed by atoms with van der Waals surface area (Å²) in [6.45, 7) is 1.36. The van der Waals surface area contributed by atoms with Crippen LogP contribution in [0.5, 0.6) is 5.88 Å². The number of rotatable bonds is 9. The van der Waals surface area contributed by atoms with E-state index >= 15 is 0 Å². The van der Waals surface area contributed by atoms with Gasteiger partial charge in [-0.2, -0.15) is 4.98 Å². The van der Waals surface area contributed by atoms with Gasteiger partial charge in [0.15, 0.2) is 0 Å². The summed E-state index contributed by atoms with van der Waals surface area (Å²) in [6, 6.07) is 2.86. The summed E-state index contributed by atoms with van der Waals surface area (Å²) >= 11 is 0. The molecule has 7 heteroatoms. The second-order valence-corrected chi connectivity index (χ2v) is 3.96. The van der Waals surface area contributed by atoms with Gasteiger partial charge in [-0.1, -0.05) is 0 Å². The molecule has 19 heavy (non-hydrogen) atoms. The van der Waals surface area contributed by atoms with Crippen molar-refractivity contribution in [2.75, 3.05) is 32.7 Å². The van der Waals surface area contributed by atoms with Crippen molar-refractivity contribution in [3.63, 3.8) is 0 Å². The van der Waals surface area contributed by atoms with Crippen molar-refractivity contribution in [3.05, 3.63) is 22.2 Å². The van der Waals surface area contributed by atoms with Gasteiger partial charge in [-0.15, -0.1) is 0 Å². The molecule has 7 nitrogen and oxygen atoms in total. The van der Waals surface area contributed by atoms with Crippen LogP contribution in [0.15, 0.2) is 12.1 Å². The minimum atomic E-state index is -0.459. The number of unbranched alkanes of at least 4 members (excludes halogenated alkanes) is 2. The van der Waals surface area contributed by atoms with Gasteiger partial charge in [-0.05, 0) is 19.3 Å². The monoisotopic (exact) mass is 269 g/mol. The second kappa shape index (κ2) is 8.25. The quantitative estimate of drug-likeness (QED) is 0.420. The highest BCUT2D eigenvalue weighted by Crippen LogP contribution is 2.24. The number of hydrogen-bond acceptors (Lipinski definition) is 6. The summed E-state index contributed by atoms with van der Waals surface area (Å²) in [5, 5.41) is 13.8. The third kappa shape index (κ3) is 5.09. The van der Waals surface area contributed by atoms with E-state index in [9.17, 15) is 10.1 Å². The molecule has 1 aromatic heterocycles. The number of ether oxygens (including phenoxy) is 2. The Morgan fingerprint density at radius 1 is 1.32 bits per heavy atom. The zero-order valence-corrected chi connectivity index (χ0v) is 11.2. The van der Waals surface area contributed by atoms with Crippen LogP contribution in [-0.2, 0) is 4.74 Å². The molecule has 0 spiro atoms. The predicted molar refractivity (Wildman–Crippen MR) is 71.7 cm³/mol. The topological polar surface area (TPSA) is 86.5 Å². The van der Waals surface area contributed by atoms with E-state index in [2.05, 4.69) is 10.3 Å². The molecule has 0 unspecified atom stereocenters. The zero-order valence-electron chi connectivity index (χ0n) is 11.2. The van der Waals surface area contributed by atoms with E-state index in [1.807, 2.05) is 0 Å². The molecule has 0 aliphatic rings. The number of hydrogen-bond donors (Lipinski definition) is 1.